The van der Waals surface area contributed by atoms with Gasteiger partial charge in [-0.3, -0.25) is 0 Å². The molecule has 0 saturated heterocycles. The lowest BCUT2D eigenvalue weighted by atomic mass is 10.1. The fourth-order valence-electron chi connectivity index (χ4n) is 1.21. The molecule has 0 heterocycles. The van der Waals surface area contributed by atoms with Gasteiger partial charge in [0.25, 0.3) is 0 Å². The van der Waals surface area contributed by atoms with Crippen molar-refractivity contribution in [2.24, 2.45) is 0 Å². The van der Waals surface area contributed by atoms with Gasteiger partial charge in [0.1, 0.15) is 0 Å². The molecule has 0 N–H and O–H groups in total. The number of hydrogen-bond donors (Lipinski definition) is 0. The molecule has 0 aliphatic carbocycles. The summed E-state index contributed by atoms with van der Waals surface area (Å²) in [7, 11) is 0. The number of esters is 1. The average Bonchev–Trinajstić information content (AvgIpc) is 2.18. The SMILES string of the molecule is C=C(Cc1ccccc1)C(=O)OC(C)C. The molecule has 0 atom stereocenters. The Morgan fingerprint density at radius 1 is 1.33 bits per heavy atom. The summed E-state index contributed by atoms with van der Waals surface area (Å²) in [6.07, 6.45) is 0.455. The summed E-state index contributed by atoms with van der Waals surface area (Å²) >= 11 is 0. The highest BCUT2D eigenvalue weighted by Gasteiger charge is 2.10. The summed E-state index contributed by atoms with van der Waals surface area (Å²) in [4.78, 5) is 11.4. The van der Waals surface area contributed by atoms with E-state index in [4.69, 9.17) is 4.74 Å². The van der Waals surface area contributed by atoms with Crippen LogP contribution in [-0.2, 0) is 16.0 Å². The largest absolute Gasteiger partial charge is 0.460 e. The van der Waals surface area contributed by atoms with Gasteiger partial charge >= 0.3 is 5.97 Å². The minimum Gasteiger partial charge on any atom is -0.460 e. The minimum atomic E-state index is -0.311. The molecule has 0 fully saturated rings. The molecule has 80 valence electrons. The van der Waals surface area contributed by atoms with Crippen LogP contribution in [0.2, 0.25) is 0 Å². The van der Waals surface area contributed by atoms with Gasteiger partial charge in [-0.05, 0) is 19.4 Å². The number of carbonyl (C=O) groups is 1. The van der Waals surface area contributed by atoms with Gasteiger partial charge in [0.2, 0.25) is 0 Å². The van der Waals surface area contributed by atoms with Crippen molar-refractivity contribution in [3.63, 3.8) is 0 Å². The first-order chi connectivity index (χ1) is 7.09. The van der Waals surface area contributed by atoms with E-state index in [9.17, 15) is 4.79 Å². The Kier molecular flexibility index (Phi) is 4.10. The molecule has 0 aliphatic heterocycles. The predicted molar refractivity (Wildman–Crippen MR) is 60.5 cm³/mol. The van der Waals surface area contributed by atoms with Crippen molar-refractivity contribution in [3.8, 4) is 0 Å². The first kappa shape index (κ1) is 11.5. The third-order valence-electron chi connectivity index (χ3n) is 1.89. The van der Waals surface area contributed by atoms with Crippen molar-refractivity contribution in [2.75, 3.05) is 0 Å². The van der Waals surface area contributed by atoms with E-state index in [0.29, 0.717) is 12.0 Å². The molecule has 2 heteroatoms. The third-order valence-corrected chi connectivity index (χ3v) is 1.89. The molecule has 0 aliphatic rings. The van der Waals surface area contributed by atoms with Crippen LogP contribution < -0.4 is 0 Å². The summed E-state index contributed by atoms with van der Waals surface area (Å²) < 4.78 is 5.05. The molecule has 1 aromatic rings. The van der Waals surface area contributed by atoms with Crippen LogP contribution in [0.4, 0.5) is 0 Å². The van der Waals surface area contributed by atoms with Gasteiger partial charge in [-0.25, -0.2) is 4.79 Å². The van der Waals surface area contributed by atoms with E-state index in [1.54, 1.807) is 0 Å². The van der Waals surface area contributed by atoms with Gasteiger partial charge in [-0.2, -0.15) is 0 Å². The first-order valence-electron chi connectivity index (χ1n) is 5.02. The van der Waals surface area contributed by atoms with Gasteiger partial charge in [0.15, 0.2) is 0 Å². The number of benzene rings is 1. The lowest BCUT2D eigenvalue weighted by molar-refractivity contribution is -0.142. The maximum Gasteiger partial charge on any atom is 0.333 e. The van der Waals surface area contributed by atoms with Gasteiger partial charge in [-0.1, -0.05) is 36.9 Å². The van der Waals surface area contributed by atoms with Crippen LogP contribution in [0.25, 0.3) is 0 Å². The molecule has 1 rings (SSSR count). The molecule has 2 nitrogen and oxygen atoms in total. The Morgan fingerprint density at radius 2 is 1.93 bits per heavy atom. The fourth-order valence-corrected chi connectivity index (χ4v) is 1.21. The maximum absolute atomic E-state index is 11.4. The monoisotopic (exact) mass is 204 g/mol. The molecular formula is C13H16O2. The molecule has 0 aromatic heterocycles. The topological polar surface area (TPSA) is 26.3 Å². The Bertz CT molecular complexity index is 339. The molecule has 15 heavy (non-hydrogen) atoms. The zero-order valence-corrected chi connectivity index (χ0v) is 9.19. The summed E-state index contributed by atoms with van der Waals surface area (Å²) in [5, 5.41) is 0. The van der Waals surface area contributed by atoms with Crippen molar-refractivity contribution in [1.82, 2.24) is 0 Å². The Hall–Kier alpha value is -1.57. The number of ether oxygens (including phenoxy) is 1. The van der Waals surface area contributed by atoms with Crippen molar-refractivity contribution in [2.45, 2.75) is 26.4 Å². The van der Waals surface area contributed by atoms with Crippen LogP contribution >= 0.6 is 0 Å². The third kappa shape index (κ3) is 3.98. The number of hydrogen-bond acceptors (Lipinski definition) is 2. The summed E-state index contributed by atoms with van der Waals surface area (Å²) in [6, 6.07) is 9.76. The maximum atomic E-state index is 11.4. The van der Waals surface area contributed by atoms with Crippen LogP contribution in [0.15, 0.2) is 42.5 Å². The van der Waals surface area contributed by atoms with Gasteiger partial charge in [-0.15, -0.1) is 0 Å². The molecular weight excluding hydrogens is 188 g/mol. The van der Waals surface area contributed by atoms with E-state index in [-0.39, 0.29) is 12.1 Å². The van der Waals surface area contributed by atoms with Gasteiger partial charge in [0.05, 0.1) is 6.10 Å². The zero-order chi connectivity index (χ0) is 11.3. The van der Waals surface area contributed by atoms with Crippen LogP contribution in [0.1, 0.15) is 19.4 Å². The molecule has 0 spiro atoms. The Balaban J connectivity index is 2.53. The average molecular weight is 204 g/mol. The number of rotatable bonds is 4. The molecule has 0 radical (unpaired) electrons. The molecule has 0 amide bonds. The van der Waals surface area contributed by atoms with Gasteiger partial charge < -0.3 is 4.74 Å². The van der Waals surface area contributed by atoms with Crippen molar-refractivity contribution in [3.05, 3.63) is 48.0 Å². The highest BCUT2D eigenvalue weighted by atomic mass is 16.5. The lowest BCUT2D eigenvalue weighted by Crippen LogP contribution is -2.14. The second kappa shape index (κ2) is 5.35. The van der Waals surface area contributed by atoms with Crippen molar-refractivity contribution < 1.29 is 9.53 Å². The molecule has 0 unspecified atom stereocenters. The Labute approximate surface area is 90.6 Å². The van der Waals surface area contributed by atoms with Crippen LogP contribution in [0.5, 0.6) is 0 Å². The highest BCUT2D eigenvalue weighted by molar-refractivity contribution is 5.88. The van der Waals surface area contributed by atoms with Crippen LogP contribution in [-0.4, -0.2) is 12.1 Å². The molecule has 0 saturated carbocycles. The minimum absolute atomic E-state index is 0.0926. The van der Waals surface area contributed by atoms with E-state index in [1.165, 1.54) is 0 Å². The van der Waals surface area contributed by atoms with E-state index in [1.807, 2.05) is 44.2 Å². The van der Waals surface area contributed by atoms with Crippen molar-refractivity contribution in [1.29, 1.82) is 0 Å². The highest BCUT2D eigenvalue weighted by Crippen LogP contribution is 2.08. The second-order valence-corrected chi connectivity index (χ2v) is 3.72. The standard InChI is InChI=1S/C13H16O2/c1-10(2)15-13(14)11(3)9-12-7-5-4-6-8-12/h4-8,10H,3,9H2,1-2H3. The van der Waals surface area contributed by atoms with Gasteiger partial charge in [0, 0.05) is 12.0 Å². The Morgan fingerprint density at radius 3 is 2.47 bits per heavy atom. The molecule has 1 aromatic carbocycles. The lowest BCUT2D eigenvalue weighted by Gasteiger charge is -2.09. The summed E-state index contributed by atoms with van der Waals surface area (Å²) in [6.45, 7) is 7.38. The van der Waals surface area contributed by atoms with E-state index < -0.39 is 0 Å². The summed E-state index contributed by atoms with van der Waals surface area (Å²) in [5.74, 6) is -0.311. The fraction of sp³-hybridized carbons (Fsp3) is 0.308. The van der Waals surface area contributed by atoms with E-state index in [2.05, 4.69) is 6.58 Å². The van der Waals surface area contributed by atoms with E-state index >= 15 is 0 Å². The predicted octanol–water partition coefficient (Wildman–Crippen LogP) is 2.74. The van der Waals surface area contributed by atoms with E-state index in [0.717, 1.165) is 5.56 Å². The number of carbonyl (C=O) groups excluding carboxylic acids is 1. The normalized spacial score (nSPS) is 10.1. The summed E-state index contributed by atoms with van der Waals surface area (Å²) in [5.41, 5.74) is 1.57. The second-order valence-electron chi connectivity index (χ2n) is 3.72. The molecule has 0 bridgehead atoms. The van der Waals surface area contributed by atoms with Crippen molar-refractivity contribution >= 4 is 5.97 Å². The van der Waals surface area contributed by atoms with Crippen LogP contribution in [0.3, 0.4) is 0 Å². The quantitative estimate of drug-likeness (QED) is 0.557. The van der Waals surface area contributed by atoms with Crippen LogP contribution in [0, 0.1) is 0 Å². The zero-order valence-electron chi connectivity index (χ0n) is 9.19. The first-order valence-corrected chi connectivity index (χ1v) is 5.02. The smallest absolute Gasteiger partial charge is 0.333 e.